The molecule has 2 amide bonds. The molecule has 0 radical (unpaired) electrons. The Balaban J connectivity index is 1.31. The molecule has 0 unspecified atom stereocenters. The molecule has 2 aliphatic heterocycles. The van der Waals surface area contributed by atoms with Crippen molar-refractivity contribution in [1.29, 1.82) is 0 Å². The number of nitrogens with zero attached hydrogens (tertiary/aromatic N) is 2. The van der Waals surface area contributed by atoms with Gasteiger partial charge in [-0.3, -0.25) is 9.82 Å². The Morgan fingerprint density at radius 1 is 1.12 bits per heavy atom. The zero-order valence-corrected chi connectivity index (χ0v) is 18.4. The van der Waals surface area contributed by atoms with Crippen LogP contribution in [0.4, 0.5) is 4.79 Å². The van der Waals surface area contributed by atoms with Gasteiger partial charge in [-0.05, 0) is 54.6 Å². The standard InChI is InChI=1S/C25H27N3O4/c1-3-31-27-24(29)28-10-8-25(9-11-28)30-16-22-14-19(6-7-23(22)32-25)18-4-5-20-15-26-17(2)12-21(20)13-18/h4-7,12-15H,3,8-11,16H2,1-2H3,(H,27,29). The van der Waals surface area contributed by atoms with E-state index in [0.717, 1.165) is 33.5 Å². The van der Waals surface area contributed by atoms with Gasteiger partial charge in [0.05, 0.1) is 13.2 Å². The highest BCUT2D eigenvalue weighted by Gasteiger charge is 2.42. The smallest absolute Gasteiger partial charge is 0.341 e. The molecule has 3 aromatic rings. The van der Waals surface area contributed by atoms with Gasteiger partial charge >= 0.3 is 6.03 Å². The number of piperidine rings is 1. The zero-order valence-electron chi connectivity index (χ0n) is 18.4. The van der Waals surface area contributed by atoms with E-state index in [1.807, 2.05) is 26.1 Å². The molecule has 1 fully saturated rings. The minimum Gasteiger partial charge on any atom is -0.462 e. The zero-order chi connectivity index (χ0) is 22.1. The number of ether oxygens (including phenoxy) is 2. The number of benzene rings is 2. The molecule has 0 aliphatic carbocycles. The van der Waals surface area contributed by atoms with Crippen LogP contribution in [0.3, 0.4) is 0 Å². The van der Waals surface area contributed by atoms with E-state index in [2.05, 4.69) is 46.9 Å². The molecule has 2 aromatic carbocycles. The van der Waals surface area contributed by atoms with Gasteiger partial charge in [0.2, 0.25) is 5.79 Å². The first-order valence-electron chi connectivity index (χ1n) is 11.0. The van der Waals surface area contributed by atoms with Gasteiger partial charge in [-0.2, -0.15) is 0 Å². The molecule has 7 heteroatoms. The third kappa shape index (κ3) is 4.01. The highest BCUT2D eigenvalue weighted by molar-refractivity contribution is 5.87. The van der Waals surface area contributed by atoms with Gasteiger partial charge in [-0.25, -0.2) is 10.3 Å². The van der Waals surface area contributed by atoms with Crippen LogP contribution in [0.5, 0.6) is 5.75 Å². The molecule has 1 spiro atoms. The first kappa shape index (κ1) is 20.7. The van der Waals surface area contributed by atoms with E-state index >= 15 is 0 Å². The molecular formula is C25H27N3O4. The van der Waals surface area contributed by atoms with Crippen molar-refractivity contribution in [3.8, 4) is 16.9 Å². The van der Waals surface area contributed by atoms with E-state index in [1.165, 1.54) is 5.39 Å². The summed E-state index contributed by atoms with van der Waals surface area (Å²) in [5.41, 5.74) is 6.78. The second-order valence-corrected chi connectivity index (χ2v) is 8.34. The van der Waals surface area contributed by atoms with Crippen molar-refractivity contribution in [2.24, 2.45) is 0 Å². The topological polar surface area (TPSA) is 72.9 Å². The van der Waals surface area contributed by atoms with E-state index in [0.29, 0.717) is 39.1 Å². The monoisotopic (exact) mass is 433 g/mol. The molecule has 2 aliphatic rings. The summed E-state index contributed by atoms with van der Waals surface area (Å²) >= 11 is 0. The number of aromatic nitrogens is 1. The van der Waals surface area contributed by atoms with Crippen LogP contribution >= 0.6 is 0 Å². The number of hydrogen-bond donors (Lipinski definition) is 1. The fourth-order valence-electron chi connectivity index (χ4n) is 4.34. The number of fused-ring (bicyclic) bond motifs is 2. The number of carbonyl (C=O) groups is 1. The lowest BCUT2D eigenvalue weighted by atomic mass is 9.98. The van der Waals surface area contributed by atoms with Crippen molar-refractivity contribution in [3.63, 3.8) is 0 Å². The maximum absolute atomic E-state index is 12.1. The fraction of sp³-hybridized carbons (Fsp3) is 0.360. The Bertz CT molecular complexity index is 1160. The lowest BCUT2D eigenvalue weighted by Crippen LogP contribution is -2.54. The summed E-state index contributed by atoms with van der Waals surface area (Å²) < 4.78 is 12.5. The molecule has 1 saturated heterocycles. The Labute approximate surface area is 187 Å². The lowest BCUT2D eigenvalue weighted by Gasteiger charge is -2.43. The number of likely N-dealkylation sites (tertiary alicyclic amines) is 1. The second-order valence-electron chi connectivity index (χ2n) is 8.34. The number of rotatable bonds is 3. The summed E-state index contributed by atoms with van der Waals surface area (Å²) in [6.45, 7) is 5.87. The molecule has 0 atom stereocenters. The van der Waals surface area contributed by atoms with Crippen molar-refractivity contribution >= 4 is 16.8 Å². The van der Waals surface area contributed by atoms with Crippen molar-refractivity contribution in [3.05, 3.63) is 59.9 Å². The van der Waals surface area contributed by atoms with Crippen LogP contribution in [0.25, 0.3) is 21.9 Å². The molecule has 7 nitrogen and oxygen atoms in total. The quantitative estimate of drug-likeness (QED) is 0.613. The summed E-state index contributed by atoms with van der Waals surface area (Å²) in [6.07, 6.45) is 3.14. The lowest BCUT2D eigenvalue weighted by molar-refractivity contribution is -0.225. The van der Waals surface area contributed by atoms with Crippen LogP contribution in [0.15, 0.2) is 48.7 Å². The van der Waals surface area contributed by atoms with Crippen molar-refractivity contribution < 1.29 is 19.1 Å². The minimum absolute atomic E-state index is 0.219. The first-order chi connectivity index (χ1) is 15.5. The average Bonchev–Trinajstić information content (AvgIpc) is 2.82. The fourth-order valence-corrected chi connectivity index (χ4v) is 4.34. The first-order valence-corrected chi connectivity index (χ1v) is 11.0. The van der Waals surface area contributed by atoms with Gasteiger partial charge in [0.1, 0.15) is 5.75 Å². The highest BCUT2D eigenvalue weighted by atomic mass is 16.7. The summed E-state index contributed by atoms with van der Waals surface area (Å²) in [5.74, 6) is 0.178. The van der Waals surface area contributed by atoms with Gasteiger partial charge in [0, 0.05) is 48.8 Å². The van der Waals surface area contributed by atoms with Crippen LogP contribution in [0.2, 0.25) is 0 Å². The van der Waals surface area contributed by atoms with Crippen LogP contribution in [-0.4, -0.2) is 41.4 Å². The second kappa shape index (κ2) is 8.41. The number of hydroxylamine groups is 1. The van der Waals surface area contributed by atoms with E-state index in [-0.39, 0.29) is 6.03 Å². The van der Waals surface area contributed by atoms with Crippen LogP contribution in [0.1, 0.15) is 31.0 Å². The molecule has 0 saturated carbocycles. The Morgan fingerprint density at radius 3 is 2.72 bits per heavy atom. The molecule has 1 aromatic heterocycles. The molecule has 166 valence electrons. The molecule has 1 N–H and O–H groups in total. The van der Waals surface area contributed by atoms with Crippen LogP contribution in [-0.2, 0) is 16.2 Å². The summed E-state index contributed by atoms with van der Waals surface area (Å²) in [4.78, 5) is 23.2. The number of pyridine rings is 1. The predicted molar refractivity (Wildman–Crippen MR) is 121 cm³/mol. The van der Waals surface area contributed by atoms with Gasteiger partial charge in [0.25, 0.3) is 0 Å². The highest BCUT2D eigenvalue weighted by Crippen LogP contribution is 2.39. The van der Waals surface area contributed by atoms with E-state index < -0.39 is 5.79 Å². The normalized spacial score (nSPS) is 17.1. The number of hydrogen-bond acceptors (Lipinski definition) is 5. The summed E-state index contributed by atoms with van der Waals surface area (Å²) in [6, 6.07) is 14.6. The Hall–Kier alpha value is -3.16. The number of nitrogens with one attached hydrogen (secondary N) is 1. The number of amides is 2. The predicted octanol–water partition coefficient (Wildman–Crippen LogP) is 4.57. The van der Waals surface area contributed by atoms with Gasteiger partial charge in [-0.1, -0.05) is 18.2 Å². The molecular weight excluding hydrogens is 406 g/mol. The van der Waals surface area contributed by atoms with Gasteiger partial charge in [0.15, 0.2) is 0 Å². The number of urea groups is 1. The van der Waals surface area contributed by atoms with Crippen molar-refractivity contribution in [2.75, 3.05) is 19.7 Å². The molecule has 32 heavy (non-hydrogen) atoms. The van der Waals surface area contributed by atoms with Crippen molar-refractivity contribution in [2.45, 2.75) is 39.1 Å². The van der Waals surface area contributed by atoms with Gasteiger partial charge in [-0.15, -0.1) is 0 Å². The molecule has 0 bridgehead atoms. The minimum atomic E-state index is -0.676. The third-order valence-corrected chi connectivity index (χ3v) is 6.16. The largest absolute Gasteiger partial charge is 0.462 e. The number of carbonyl (C=O) groups excluding carboxylic acids is 1. The van der Waals surface area contributed by atoms with Crippen molar-refractivity contribution in [1.82, 2.24) is 15.4 Å². The Kier molecular flexibility index (Phi) is 5.45. The van der Waals surface area contributed by atoms with E-state index in [4.69, 9.17) is 14.3 Å². The summed E-state index contributed by atoms with van der Waals surface area (Å²) in [5, 5.41) is 2.31. The maximum Gasteiger partial charge on any atom is 0.341 e. The average molecular weight is 434 g/mol. The Morgan fingerprint density at radius 2 is 1.91 bits per heavy atom. The van der Waals surface area contributed by atoms with Gasteiger partial charge < -0.3 is 14.4 Å². The third-order valence-electron chi connectivity index (χ3n) is 6.16. The maximum atomic E-state index is 12.1. The SMILES string of the molecule is CCONC(=O)N1CCC2(CC1)OCc1cc(-c3ccc4cnc(C)cc4c3)ccc1O2. The molecule has 3 heterocycles. The van der Waals surface area contributed by atoms with E-state index in [9.17, 15) is 4.79 Å². The van der Waals surface area contributed by atoms with E-state index in [1.54, 1.807) is 4.90 Å². The number of aryl methyl sites for hydroxylation is 1. The molecule has 5 rings (SSSR count). The van der Waals surface area contributed by atoms with Crippen LogP contribution < -0.4 is 10.2 Å². The summed E-state index contributed by atoms with van der Waals surface area (Å²) in [7, 11) is 0. The van der Waals surface area contributed by atoms with Crippen LogP contribution in [0, 0.1) is 6.92 Å².